The molecule has 5 rings (SSSR count). The van der Waals surface area contributed by atoms with E-state index in [4.69, 9.17) is 4.74 Å². The van der Waals surface area contributed by atoms with Crippen LogP contribution in [0.3, 0.4) is 0 Å². The van der Waals surface area contributed by atoms with Crippen molar-refractivity contribution in [2.45, 2.75) is 31.3 Å². The third-order valence-corrected chi connectivity index (χ3v) is 6.00. The van der Waals surface area contributed by atoms with Crippen molar-refractivity contribution in [2.75, 3.05) is 6.61 Å². The molecule has 2 saturated heterocycles. The molecule has 3 atom stereocenters. The number of fused-ring (bicyclic) bond motifs is 2. The highest BCUT2D eigenvalue weighted by atomic mass is 19.1. The topological polar surface area (TPSA) is 68.2 Å². The van der Waals surface area contributed by atoms with Gasteiger partial charge in [0.05, 0.1) is 12.2 Å². The van der Waals surface area contributed by atoms with Crippen LogP contribution in [0, 0.1) is 11.7 Å². The maximum atomic E-state index is 14.1. The van der Waals surface area contributed by atoms with E-state index in [9.17, 15) is 9.18 Å². The zero-order valence-electron chi connectivity index (χ0n) is 16.3. The van der Waals surface area contributed by atoms with Gasteiger partial charge in [0.2, 0.25) is 5.88 Å². The van der Waals surface area contributed by atoms with Crippen LogP contribution in [0.1, 0.15) is 29.6 Å². The van der Waals surface area contributed by atoms with Gasteiger partial charge < -0.3 is 9.64 Å². The van der Waals surface area contributed by atoms with Crippen molar-refractivity contribution in [3.63, 3.8) is 0 Å². The van der Waals surface area contributed by atoms with Crippen LogP contribution in [0.25, 0.3) is 11.4 Å². The van der Waals surface area contributed by atoms with Crippen molar-refractivity contribution in [1.82, 2.24) is 19.9 Å². The summed E-state index contributed by atoms with van der Waals surface area (Å²) in [5.74, 6) is 0.637. The third kappa shape index (κ3) is 3.40. The number of hydrogen-bond acceptors (Lipinski definition) is 5. The zero-order chi connectivity index (χ0) is 20.5. The maximum absolute atomic E-state index is 14.1. The van der Waals surface area contributed by atoms with Crippen LogP contribution in [0.4, 0.5) is 4.39 Å². The second-order valence-corrected chi connectivity index (χ2v) is 7.75. The summed E-state index contributed by atoms with van der Waals surface area (Å²) in [4.78, 5) is 28.1. The summed E-state index contributed by atoms with van der Waals surface area (Å²) >= 11 is 0. The van der Waals surface area contributed by atoms with Gasteiger partial charge in [0.15, 0.2) is 5.82 Å². The summed E-state index contributed by atoms with van der Waals surface area (Å²) in [5, 5.41) is 0. The summed E-state index contributed by atoms with van der Waals surface area (Å²) in [6, 6.07) is 11.7. The van der Waals surface area contributed by atoms with Gasteiger partial charge in [0.1, 0.15) is 5.82 Å². The lowest BCUT2D eigenvalue weighted by molar-refractivity contribution is 0.0710. The Labute approximate surface area is 173 Å². The van der Waals surface area contributed by atoms with E-state index >= 15 is 0 Å². The molecule has 0 saturated carbocycles. The van der Waals surface area contributed by atoms with Crippen molar-refractivity contribution < 1.29 is 13.9 Å². The number of nitrogens with zero attached hydrogens (tertiary/aromatic N) is 4. The van der Waals surface area contributed by atoms with Crippen LogP contribution in [-0.4, -0.2) is 44.4 Å². The molecule has 1 amide bonds. The molecule has 2 aromatic heterocycles. The zero-order valence-corrected chi connectivity index (χ0v) is 16.3. The molecule has 30 heavy (non-hydrogen) atoms. The number of amides is 1. The van der Waals surface area contributed by atoms with Gasteiger partial charge >= 0.3 is 0 Å². The Bertz CT molecular complexity index is 1050. The molecule has 1 aromatic carbocycles. The molecular weight excluding hydrogens is 383 g/mol. The number of pyridine rings is 1. The van der Waals surface area contributed by atoms with Crippen molar-refractivity contribution in [2.24, 2.45) is 5.92 Å². The number of halogens is 1. The van der Waals surface area contributed by atoms with Gasteiger partial charge in [-0.3, -0.25) is 4.79 Å². The molecule has 3 aromatic rings. The van der Waals surface area contributed by atoms with Gasteiger partial charge in [-0.1, -0.05) is 6.07 Å². The van der Waals surface area contributed by atoms with Crippen molar-refractivity contribution in [3.05, 3.63) is 72.4 Å². The first kappa shape index (κ1) is 18.7. The second-order valence-electron chi connectivity index (χ2n) is 7.75. The van der Waals surface area contributed by atoms with Crippen molar-refractivity contribution >= 4 is 5.91 Å². The van der Waals surface area contributed by atoms with E-state index < -0.39 is 5.82 Å². The lowest BCUT2D eigenvalue weighted by Crippen LogP contribution is -2.37. The van der Waals surface area contributed by atoms with Gasteiger partial charge in [-0.25, -0.2) is 19.3 Å². The molecule has 2 aliphatic heterocycles. The highest BCUT2D eigenvalue weighted by Crippen LogP contribution is 2.43. The average Bonchev–Trinajstić information content (AvgIpc) is 3.36. The van der Waals surface area contributed by atoms with Gasteiger partial charge in [-0.15, -0.1) is 0 Å². The molecule has 0 aliphatic carbocycles. The molecule has 0 radical (unpaired) electrons. The lowest BCUT2D eigenvalue weighted by atomic mass is 9.90. The number of carbonyl (C=O) groups excluding carboxylic acids is 1. The standard InChI is InChI=1S/C23H21FN4O2/c24-16-5-7-18(22-26-10-3-11-27-22)19(13-16)23(29)28-17-6-8-20(28)15(12-17)14-30-21-4-1-2-9-25-21/h1-5,7,9-11,13,15,17,20H,6,8,12,14H2. The summed E-state index contributed by atoms with van der Waals surface area (Å²) in [6.07, 6.45) is 7.70. The summed E-state index contributed by atoms with van der Waals surface area (Å²) < 4.78 is 19.9. The molecule has 4 heterocycles. The highest BCUT2D eigenvalue weighted by molar-refractivity contribution is 6.00. The van der Waals surface area contributed by atoms with Crippen LogP contribution in [0.5, 0.6) is 5.88 Å². The normalized spacial score (nSPS) is 22.3. The number of benzene rings is 1. The Kier molecular flexibility index (Phi) is 4.86. The number of rotatable bonds is 5. The third-order valence-electron chi connectivity index (χ3n) is 6.00. The number of aromatic nitrogens is 3. The van der Waals surface area contributed by atoms with Crippen LogP contribution in [0.2, 0.25) is 0 Å². The molecule has 2 aliphatic rings. The van der Waals surface area contributed by atoms with E-state index in [1.54, 1.807) is 30.7 Å². The predicted octanol–water partition coefficient (Wildman–Crippen LogP) is 3.75. The highest BCUT2D eigenvalue weighted by Gasteiger charge is 2.49. The second kappa shape index (κ2) is 7.82. The first-order valence-electron chi connectivity index (χ1n) is 10.1. The lowest BCUT2D eigenvalue weighted by Gasteiger charge is -2.25. The quantitative estimate of drug-likeness (QED) is 0.648. The van der Waals surface area contributed by atoms with Gasteiger partial charge in [-0.2, -0.15) is 0 Å². The van der Waals surface area contributed by atoms with Crippen LogP contribution in [0.15, 0.2) is 61.1 Å². The van der Waals surface area contributed by atoms with Crippen molar-refractivity contribution in [1.29, 1.82) is 0 Å². The predicted molar refractivity (Wildman–Crippen MR) is 108 cm³/mol. The Hall–Kier alpha value is -3.35. The van der Waals surface area contributed by atoms with Gasteiger partial charge in [0.25, 0.3) is 5.91 Å². The monoisotopic (exact) mass is 404 g/mol. The molecule has 6 nitrogen and oxygen atoms in total. The van der Waals surface area contributed by atoms with E-state index in [-0.39, 0.29) is 23.9 Å². The first-order valence-corrected chi connectivity index (χ1v) is 10.1. The smallest absolute Gasteiger partial charge is 0.255 e. The SMILES string of the molecule is O=C(c1cc(F)ccc1-c1ncccn1)N1C2CCC1C(COc1ccccn1)C2. The number of hydrogen-bond donors (Lipinski definition) is 0. The van der Waals surface area contributed by atoms with Crippen molar-refractivity contribution in [3.8, 4) is 17.3 Å². The molecule has 7 heteroatoms. The largest absolute Gasteiger partial charge is 0.477 e. The molecule has 2 bridgehead atoms. The van der Waals surface area contributed by atoms with E-state index in [1.807, 2.05) is 23.1 Å². The summed E-state index contributed by atoms with van der Waals surface area (Å²) in [7, 11) is 0. The number of carbonyl (C=O) groups is 1. The van der Waals surface area contributed by atoms with E-state index in [0.29, 0.717) is 29.4 Å². The Balaban J connectivity index is 1.39. The van der Waals surface area contributed by atoms with E-state index in [1.165, 1.54) is 12.1 Å². The average molecular weight is 404 g/mol. The summed E-state index contributed by atoms with van der Waals surface area (Å²) in [6.45, 7) is 0.514. The fraction of sp³-hybridized carbons (Fsp3) is 0.304. The fourth-order valence-electron chi connectivity index (χ4n) is 4.70. The molecule has 3 unspecified atom stereocenters. The Morgan fingerprint density at radius 3 is 2.70 bits per heavy atom. The van der Waals surface area contributed by atoms with Crippen LogP contribution < -0.4 is 4.74 Å². The molecule has 2 fully saturated rings. The minimum absolute atomic E-state index is 0.0824. The minimum Gasteiger partial charge on any atom is -0.477 e. The minimum atomic E-state index is -0.445. The van der Waals surface area contributed by atoms with Gasteiger partial charge in [0, 0.05) is 48.2 Å². The number of ether oxygens (including phenoxy) is 1. The van der Waals surface area contributed by atoms with E-state index in [2.05, 4.69) is 15.0 Å². The molecule has 0 spiro atoms. The van der Waals surface area contributed by atoms with Crippen LogP contribution >= 0.6 is 0 Å². The Morgan fingerprint density at radius 2 is 1.90 bits per heavy atom. The maximum Gasteiger partial charge on any atom is 0.255 e. The molecule has 152 valence electrons. The van der Waals surface area contributed by atoms with Gasteiger partial charge in [-0.05, 0) is 49.6 Å². The first-order chi connectivity index (χ1) is 14.7. The Morgan fingerprint density at radius 1 is 1.07 bits per heavy atom. The van der Waals surface area contributed by atoms with E-state index in [0.717, 1.165) is 19.3 Å². The summed E-state index contributed by atoms with van der Waals surface area (Å²) in [5.41, 5.74) is 0.860. The molecule has 0 N–H and O–H groups in total. The fourth-order valence-corrected chi connectivity index (χ4v) is 4.70. The van der Waals surface area contributed by atoms with Crippen LogP contribution in [-0.2, 0) is 0 Å². The molecular formula is C23H21FN4O2.